The van der Waals surface area contributed by atoms with Crippen LogP contribution >= 0.6 is 0 Å². The Bertz CT molecular complexity index is 1880. The minimum atomic E-state index is -1.82. The molecule has 1 radical (unpaired) electrons. The minimum absolute atomic E-state index is 0. The van der Waals surface area contributed by atoms with Crippen molar-refractivity contribution in [2.75, 3.05) is 0 Å². The van der Waals surface area contributed by atoms with Crippen LogP contribution in [0.3, 0.4) is 0 Å². The summed E-state index contributed by atoms with van der Waals surface area (Å²) in [6.45, 7) is 9.72. The standard InChI is InChI=1S/C34H32GeN.C5H8O2.Ir/c1-22-19-26(20-25-9-7-8-10-28(22)25)33-32-30(17-18-36-33)29-16-13-24(21-31(29)34(32,2)3)23-11-14-27(15-12-23)35(4,5)6;1-4(6)3-5(2)7;/h7-19,21H,1-6H3;3,6H,1-2H3;/q-1;;/b;4-3-;. The molecular weight excluding hydrogens is 779 g/mol. The molecule has 5 aromatic rings. The number of benzene rings is 4. The number of carbonyl (C=O) groups is 1. The Balaban J connectivity index is 0.000000497. The third-order valence-electron chi connectivity index (χ3n) is 8.29. The molecule has 0 spiro atoms. The summed E-state index contributed by atoms with van der Waals surface area (Å²) in [4.78, 5) is 15.0. The number of aryl methyl sites for hydroxylation is 1. The number of nitrogens with zero attached hydrogens (tertiary/aromatic N) is 1. The van der Waals surface area contributed by atoms with Gasteiger partial charge in [-0.1, -0.05) is 30.5 Å². The fourth-order valence-electron chi connectivity index (χ4n) is 6.13. The summed E-state index contributed by atoms with van der Waals surface area (Å²) < 4.78 is 1.55. The molecule has 1 N–H and O–H groups in total. The first-order valence-electron chi connectivity index (χ1n) is 14.8. The number of rotatable bonds is 4. The molecule has 1 aromatic heterocycles. The summed E-state index contributed by atoms with van der Waals surface area (Å²) in [6, 6.07) is 32.9. The average Bonchev–Trinajstić information content (AvgIpc) is 3.18. The predicted octanol–water partition coefficient (Wildman–Crippen LogP) is 9.56. The van der Waals surface area contributed by atoms with Gasteiger partial charge in [0.05, 0.1) is 5.76 Å². The van der Waals surface area contributed by atoms with Crippen molar-refractivity contribution in [3.8, 4) is 33.5 Å². The monoisotopic (exact) mass is 821 g/mol. The van der Waals surface area contributed by atoms with Crippen LogP contribution in [0.2, 0.25) is 17.3 Å². The van der Waals surface area contributed by atoms with Gasteiger partial charge in [-0.15, -0.1) is 17.0 Å². The molecule has 1 heterocycles. The number of aliphatic hydroxyl groups is 1. The Morgan fingerprint density at radius 3 is 2.16 bits per heavy atom. The second-order valence-corrected chi connectivity index (χ2v) is 23.8. The van der Waals surface area contributed by atoms with Gasteiger partial charge in [0.15, 0.2) is 5.78 Å². The Kier molecular flexibility index (Phi) is 9.90. The Hall–Kier alpha value is -3.31. The Morgan fingerprint density at radius 2 is 1.55 bits per heavy atom. The van der Waals surface area contributed by atoms with Crippen molar-refractivity contribution in [3.05, 3.63) is 120 Å². The molecule has 0 bridgehead atoms. The van der Waals surface area contributed by atoms with E-state index in [0.717, 1.165) is 16.6 Å². The van der Waals surface area contributed by atoms with Gasteiger partial charge in [0.1, 0.15) is 0 Å². The molecule has 0 unspecified atom stereocenters. The Labute approximate surface area is 278 Å². The first-order chi connectivity index (χ1) is 20.3. The van der Waals surface area contributed by atoms with Gasteiger partial charge < -0.3 is 5.11 Å². The van der Waals surface area contributed by atoms with Crippen molar-refractivity contribution < 1.29 is 30.0 Å². The summed E-state index contributed by atoms with van der Waals surface area (Å²) in [6.07, 6.45) is 3.13. The third-order valence-corrected chi connectivity index (χ3v) is 12.6. The number of pyridine rings is 1. The van der Waals surface area contributed by atoms with Crippen LogP contribution in [0.15, 0.2) is 96.9 Å². The third kappa shape index (κ3) is 6.68. The van der Waals surface area contributed by atoms with Crippen LogP contribution in [0.5, 0.6) is 0 Å². The van der Waals surface area contributed by atoms with E-state index in [4.69, 9.17) is 10.1 Å². The minimum Gasteiger partial charge on any atom is -0.118 e. The number of carbonyl (C=O) groups excluding carboxylic acids is 1. The van der Waals surface area contributed by atoms with Crippen LogP contribution in [0.25, 0.3) is 44.3 Å². The van der Waals surface area contributed by atoms with Crippen molar-refractivity contribution >= 4 is 34.2 Å². The van der Waals surface area contributed by atoms with Gasteiger partial charge in [0, 0.05) is 26.2 Å². The number of allylic oxidation sites excluding steroid dienone is 2. The van der Waals surface area contributed by atoms with Crippen LogP contribution in [-0.2, 0) is 30.3 Å². The number of aromatic nitrogens is 1. The van der Waals surface area contributed by atoms with Crippen molar-refractivity contribution in [2.45, 2.75) is 57.3 Å². The second kappa shape index (κ2) is 13.0. The summed E-state index contributed by atoms with van der Waals surface area (Å²) in [5.74, 6) is 7.28. The first kappa shape index (κ1) is 33.6. The molecule has 0 atom stereocenters. The first-order valence-corrected chi connectivity index (χ1v) is 22.2. The van der Waals surface area contributed by atoms with E-state index >= 15 is 0 Å². The smallest absolute Gasteiger partial charge is 0.118 e. The van der Waals surface area contributed by atoms with Crippen molar-refractivity contribution in [2.24, 2.45) is 0 Å². The van der Waals surface area contributed by atoms with Crippen LogP contribution in [0.4, 0.5) is 0 Å². The van der Waals surface area contributed by atoms with Gasteiger partial charge in [-0.2, -0.15) is 0 Å². The Morgan fingerprint density at radius 1 is 0.886 bits per heavy atom. The van der Waals surface area contributed by atoms with E-state index < -0.39 is 13.3 Å². The number of hydrogen-bond donors (Lipinski definition) is 1. The molecular formula is C39H40GeIrNO2-. The topological polar surface area (TPSA) is 50.2 Å². The average molecular weight is 820 g/mol. The molecule has 3 nitrogen and oxygen atoms in total. The van der Waals surface area contributed by atoms with Crippen LogP contribution in [0.1, 0.15) is 44.4 Å². The van der Waals surface area contributed by atoms with Crippen molar-refractivity contribution in [3.63, 3.8) is 0 Å². The summed E-state index contributed by atoms with van der Waals surface area (Å²) in [5, 5.41) is 10.8. The van der Waals surface area contributed by atoms with Crippen LogP contribution in [-0.4, -0.2) is 29.1 Å². The molecule has 5 heteroatoms. The van der Waals surface area contributed by atoms with Gasteiger partial charge in [-0.25, -0.2) is 0 Å². The molecule has 1 aliphatic carbocycles. The van der Waals surface area contributed by atoms with E-state index in [1.807, 2.05) is 6.20 Å². The van der Waals surface area contributed by atoms with E-state index in [1.165, 1.54) is 64.3 Å². The van der Waals surface area contributed by atoms with E-state index in [2.05, 4.69) is 123 Å². The number of aliphatic hydroxyl groups excluding tert-OH is 1. The molecule has 0 saturated carbocycles. The fourth-order valence-corrected chi connectivity index (χ4v) is 8.58. The summed E-state index contributed by atoms with van der Waals surface area (Å²) in [5.41, 5.74) is 11.1. The normalized spacial score (nSPS) is 13.3. The SMILES string of the molecule is CC(=O)/C=C(/C)O.Cc1cc(-c2nccc3c2C(C)(C)c2cc(-c4cc[c]([Ge]([CH3])([CH3])[CH3])cc4)ccc2-3)[c-]c2ccccc12.[Ir]. The molecule has 0 aliphatic heterocycles. The predicted molar refractivity (Wildman–Crippen MR) is 184 cm³/mol. The summed E-state index contributed by atoms with van der Waals surface area (Å²) >= 11 is -1.82. The zero-order valence-corrected chi connectivity index (χ0v) is 31.3. The molecule has 0 saturated heterocycles. The molecule has 1 aliphatic rings. The zero-order chi connectivity index (χ0) is 31.1. The molecule has 227 valence electrons. The van der Waals surface area contributed by atoms with Crippen molar-refractivity contribution in [1.29, 1.82) is 0 Å². The van der Waals surface area contributed by atoms with Crippen molar-refractivity contribution in [1.82, 2.24) is 4.98 Å². The fraction of sp³-hybridized carbons (Fsp3) is 0.231. The number of hydrogen-bond acceptors (Lipinski definition) is 3. The van der Waals surface area contributed by atoms with E-state index in [9.17, 15) is 4.79 Å². The van der Waals surface area contributed by atoms with Gasteiger partial charge in [-0.3, -0.25) is 4.79 Å². The van der Waals surface area contributed by atoms with E-state index in [1.54, 1.807) is 4.40 Å². The zero-order valence-electron chi connectivity index (χ0n) is 26.8. The second-order valence-electron chi connectivity index (χ2n) is 13.1. The van der Waals surface area contributed by atoms with E-state index in [0.29, 0.717) is 0 Å². The molecule has 6 rings (SSSR count). The van der Waals surface area contributed by atoms with Gasteiger partial charge in [0.2, 0.25) is 0 Å². The van der Waals surface area contributed by atoms with Gasteiger partial charge in [0.25, 0.3) is 0 Å². The maximum atomic E-state index is 10.0. The molecule has 0 amide bonds. The maximum absolute atomic E-state index is 10.0. The molecule has 0 fully saturated rings. The molecule has 44 heavy (non-hydrogen) atoms. The number of fused-ring (bicyclic) bond motifs is 4. The van der Waals surface area contributed by atoms with Crippen LogP contribution in [0, 0.1) is 13.0 Å². The van der Waals surface area contributed by atoms with E-state index in [-0.39, 0.29) is 37.1 Å². The van der Waals surface area contributed by atoms with Gasteiger partial charge >= 0.3 is 171 Å². The van der Waals surface area contributed by atoms with Gasteiger partial charge in [-0.05, 0) is 13.8 Å². The number of ketones is 1. The van der Waals surface area contributed by atoms with Crippen LogP contribution < -0.4 is 4.40 Å². The summed E-state index contributed by atoms with van der Waals surface area (Å²) in [7, 11) is 0. The quantitative estimate of drug-likeness (QED) is 0.0852. The molecule has 4 aromatic carbocycles.